The van der Waals surface area contributed by atoms with Gasteiger partial charge in [-0.05, 0) is 58.4 Å². The molecule has 1 aromatic rings. The molecular weight excluding hydrogens is 342 g/mol. The van der Waals surface area contributed by atoms with Gasteiger partial charge in [0.05, 0.1) is 17.3 Å². The summed E-state index contributed by atoms with van der Waals surface area (Å²) in [5, 5.41) is 10.9. The predicted molar refractivity (Wildman–Crippen MR) is 105 cm³/mol. The van der Waals surface area contributed by atoms with Crippen molar-refractivity contribution in [1.82, 2.24) is 25.3 Å². The van der Waals surface area contributed by atoms with Gasteiger partial charge in [0.1, 0.15) is 0 Å². The Kier molecular flexibility index (Phi) is 6.52. The third-order valence-electron chi connectivity index (χ3n) is 5.78. The highest BCUT2D eigenvalue weighted by atomic mass is 16.2. The number of amides is 2. The molecule has 0 bridgehead atoms. The lowest BCUT2D eigenvalue weighted by Crippen LogP contribution is -2.46. The standard InChI is InChI=1S/C20H33N5O2/c1-4-10-25-15(3)18(14(2)23-25)20(27)24-11-6-7-16(13-24)12-22-19(26)17-8-5-9-21-17/h16-17,21H,4-13H2,1-3H3,(H,22,26). The maximum Gasteiger partial charge on any atom is 0.257 e. The molecule has 2 atom stereocenters. The van der Waals surface area contributed by atoms with Gasteiger partial charge in [-0.15, -0.1) is 0 Å². The molecule has 0 spiro atoms. The normalized spacial score (nSPS) is 22.9. The van der Waals surface area contributed by atoms with Crippen LogP contribution in [-0.4, -0.2) is 58.7 Å². The van der Waals surface area contributed by atoms with Crippen LogP contribution >= 0.6 is 0 Å². The van der Waals surface area contributed by atoms with Crippen molar-refractivity contribution >= 4 is 11.8 Å². The van der Waals surface area contributed by atoms with Crippen LogP contribution in [0.1, 0.15) is 60.8 Å². The summed E-state index contributed by atoms with van der Waals surface area (Å²) in [6, 6.07) is -0.0407. The number of rotatable bonds is 6. The van der Waals surface area contributed by atoms with Crippen LogP contribution in [0.25, 0.3) is 0 Å². The number of likely N-dealkylation sites (tertiary alicyclic amines) is 1. The Morgan fingerprint density at radius 2 is 2.07 bits per heavy atom. The molecular formula is C20H33N5O2. The van der Waals surface area contributed by atoms with Crippen LogP contribution in [-0.2, 0) is 11.3 Å². The second-order valence-electron chi connectivity index (χ2n) is 7.92. The van der Waals surface area contributed by atoms with Gasteiger partial charge in [-0.1, -0.05) is 6.92 Å². The Labute approximate surface area is 161 Å². The monoisotopic (exact) mass is 375 g/mol. The van der Waals surface area contributed by atoms with E-state index in [1.165, 1.54) is 0 Å². The first-order valence-corrected chi connectivity index (χ1v) is 10.4. The number of aryl methyl sites for hydroxylation is 2. The number of carbonyl (C=O) groups excluding carboxylic acids is 2. The van der Waals surface area contributed by atoms with Gasteiger partial charge in [0, 0.05) is 31.9 Å². The van der Waals surface area contributed by atoms with Crippen molar-refractivity contribution in [2.45, 2.75) is 65.5 Å². The number of piperidine rings is 1. The van der Waals surface area contributed by atoms with Crippen molar-refractivity contribution in [2.24, 2.45) is 5.92 Å². The number of hydrogen-bond acceptors (Lipinski definition) is 4. The lowest BCUT2D eigenvalue weighted by molar-refractivity contribution is -0.123. The van der Waals surface area contributed by atoms with Crippen LogP contribution in [0.15, 0.2) is 0 Å². The van der Waals surface area contributed by atoms with Crippen molar-refractivity contribution in [1.29, 1.82) is 0 Å². The van der Waals surface area contributed by atoms with Crippen LogP contribution < -0.4 is 10.6 Å². The predicted octanol–water partition coefficient (Wildman–Crippen LogP) is 1.63. The molecule has 7 nitrogen and oxygen atoms in total. The minimum Gasteiger partial charge on any atom is -0.354 e. The van der Waals surface area contributed by atoms with E-state index in [-0.39, 0.29) is 17.9 Å². The SMILES string of the molecule is CCCn1nc(C)c(C(=O)N2CCCC(CNC(=O)C3CCCN3)C2)c1C. The first kappa shape index (κ1) is 19.9. The van der Waals surface area contributed by atoms with Crippen LogP contribution in [0.2, 0.25) is 0 Å². The maximum atomic E-state index is 13.1. The fraction of sp³-hybridized carbons (Fsp3) is 0.750. The number of aromatic nitrogens is 2. The molecule has 2 amide bonds. The highest BCUT2D eigenvalue weighted by Gasteiger charge is 2.29. The van der Waals surface area contributed by atoms with Gasteiger partial charge in [-0.3, -0.25) is 14.3 Å². The second kappa shape index (κ2) is 8.87. The topological polar surface area (TPSA) is 79.3 Å². The first-order valence-electron chi connectivity index (χ1n) is 10.4. The molecule has 0 aliphatic carbocycles. The summed E-state index contributed by atoms with van der Waals surface area (Å²) < 4.78 is 1.94. The summed E-state index contributed by atoms with van der Waals surface area (Å²) in [6.07, 6.45) is 5.01. The second-order valence-corrected chi connectivity index (χ2v) is 7.92. The van der Waals surface area contributed by atoms with Crippen LogP contribution in [0.3, 0.4) is 0 Å². The Bertz CT molecular complexity index is 678. The molecule has 150 valence electrons. The Morgan fingerprint density at radius 3 is 2.78 bits per heavy atom. The van der Waals surface area contributed by atoms with E-state index in [9.17, 15) is 9.59 Å². The summed E-state index contributed by atoms with van der Waals surface area (Å²) in [5.41, 5.74) is 2.53. The van der Waals surface area contributed by atoms with Gasteiger partial charge in [-0.2, -0.15) is 5.10 Å². The van der Waals surface area contributed by atoms with Gasteiger partial charge >= 0.3 is 0 Å². The third-order valence-corrected chi connectivity index (χ3v) is 5.78. The summed E-state index contributed by atoms with van der Waals surface area (Å²) >= 11 is 0. The molecule has 0 saturated carbocycles. The smallest absolute Gasteiger partial charge is 0.257 e. The number of nitrogens with one attached hydrogen (secondary N) is 2. The molecule has 0 radical (unpaired) electrons. The highest BCUT2D eigenvalue weighted by Crippen LogP contribution is 2.22. The molecule has 2 aliphatic rings. The van der Waals surface area contributed by atoms with E-state index in [4.69, 9.17) is 0 Å². The zero-order valence-electron chi connectivity index (χ0n) is 16.9. The Morgan fingerprint density at radius 1 is 1.26 bits per heavy atom. The molecule has 7 heteroatoms. The fourth-order valence-electron chi connectivity index (χ4n) is 4.29. The fourth-order valence-corrected chi connectivity index (χ4v) is 4.29. The highest BCUT2D eigenvalue weighted by molar-refractivity contribution is 5.96. The Hall–Kier alpha value is -1.89. The number of carbonyl (C=O) groups is 2. The number of hydrogen-bond donors (Lipinski definition) is 2. The van der Waals surface area contributed by atoms with Crippen molar-refractivity contribution < 1.29 is 9.59 Å². The quantitative estimate of drug-likeness (QED) is 0.792. The van der Waals surface area contributed by atoms with E-state index in [1.54, 1.807) is 0 Å². The largest absolute Gasteiger partial charge is 0.354 e. The van der Waals surface area contributed by atoms with E-state index in [0.717, 1.165) is 68.7 Å². The molecule has 2 fully saturated rings. The van der Waals surface area contributed by atoms with Crippen molar-refractivity contribution in [2.75, 3.05) is 26.2 Å². The first-order chi connectivity index (χ1) is 13.0. The zero-order chi connectivity index (χ0) is 19.4. The van der Waals surface area contributed by atoms with Gasteiger partial charge < -0.3 is 15.5 Å². The molecule has 3 heterocycles. The maximum absolute atomic E-state index is 13.1. The van der Waals surface area contributed by atoms with Gasteiger partial charge in [0.2, 0.25) is 5.91 Å². The molecule has 2 aliphatic heterocycles. The van der Waals surface area contributed by atoms with Crippen molar-refractivity contribution in [3.63, 3.8) is 0 Å². The van der Waals surface area contributed by atoms with Crippen molar-refractivity contribution in [3.8, 4) is 0 Å². The van der Waals surface area contributed by atoms with Gasteiger partial charge in [0.15, 0.2) is 0 Å². The van der Waals surface area contributed by atoms with Gasteiger partial charge in [0.25, 0.3) is 5.91 Å². The molecule has 2 N–H and O–H groups in total. The Balaban J connectivity index is 1.59. The summed E-state index contributed by atoms with van der Waals surface area (Å²) in [5.74, 6) is 0.503. The molecule has 2 unspecified atom stereocenters. The molecule has 0 aromatic carbocycles. The zero-order valence-corrected chi connectivity index (χ0v) is 16.9. The van der Waals surface area contributed by atoms with E-state index < -0.39 is 0 Å². The molecule has 27 heavy (non-hydrogen) atoms. The lowest BCUT2D eigenvalue weighted by atomic mass is 9.97. The van der Waals surface area contributed by atoms with Gasteiger partial charge in [-0.25, -0.2) is 0 Å². The summed E-state index contributed by atoms with van der Waals surface area (Å²) in [4.78, 5) is 27.3. The minimum absolute atomic E-state index is 0.0407. The van der Waals surface area contributed by atoms with Crippen LogP contribution in [0, 0.1) is 19.8 Å². The lowest BCUT2D eigenvalue weighted by Gasteiger charge is -2.33. The number of nitrogens with zero attached hydrogens (tertiary/aromatic N) is 3. The summed E-state index contributed by atoms with van der Waals surface area (Å²) in [7, 11) is 0. The van der Waals surface area contributed by atoms with E-state index >= 15 is 0 Å². The van der Waals surface area contributed by atoms with Crippen LogP contribution in [0.4, 0.5) is 0 Å². The average molecular weight is 376 g/mol. The van der Waals surface area contributed by atoms with Crippen molar-refractivity contribution in [3.05, 3.63) is 17.0 Å². The average Bonchev–Trinajstić information content (AvgIpc) is 3.29. The van der Waals surface area contributed by atoms with Crippen LogP contribution in [0.5, 0.6) is 0 Å². The molecule has 1 aromatic heterocycles. The molecule has 3 rings (SSSR count). The third kappa shape index (κ3) is 4.51. The minimum atomic E-state index is -0.0407. The van der Waals surface area contributed by atoms with E-state index in [0.29, 0.717) is 19.0 Å². The molecule has 2 saturated heterocycles. The van der Waals surface area contributed by atoms with E-state index in [2.05, 4.69) is 22.7 Å². The summed E-state index contributed by atoms with van der Waals surface area (Å²) in [6.45, 7) is 9.91. The van der Waals surface area contributed by atoms with E-state index in [1.807, 2.05) is 23.4 Å².